The fourth-order valence-electron chi connectivity index (χ4n) is 3.06. The summed E-state index contributed by atoms with van der Waals surface area (Å²) < 4.78 is 13.3. The Morgan fingerprint density at radius 2 is 2.04 bits per heavy atom. The number of aromatic carboxylic acids is 1. The van der Waals surface area contributed by atoms with Crippen molar-refractivity contribution in [2.24, 2.45) is 0 Å². The first-order chi connectivity index (χ1) is 13.0. The third-order valence-electron chi connectivity index (χ3n) is 4.72. The molecule has 0 aliphatic carbocycles. The lowest BCUT2D eigenvalue weighted by Gasteiger charge is -2.12. The molecule has 1 heterocycles. The van der Waals surface area contributed by atoms with Gasteiger partial charge in [0.25, 0.3) is 0 Å². The van der Waals surface area contributed by atoms with E-state index in [0.29, 0.717) is 18.7 Å². The Morgan fingerprint density at radius 3 is 2.78 bits per heavy atom. The fourth-order valence-corrected chi connectivity index (χ4v) is 3.06. The van der Waals surface area contributed by atoms with Gasteiger partial charge < -0.3 is 19.1 Å². The molecule has 0 aliphatic heterocycles. The summed E-state index contributed by atoms with van der Waals surface area (Å²) in [5, 5.41) is 9.23. The van der Waals surface area contributed by atoms with Crippen LogP contribution < -0.4 is 4.74 Å². The van der Waals surface area contributed by atoms with Crippen molar-refractivity contribution in [1.29, 1.82) is 0 Å². The van der Waals surface area contributed by atoms with Crippen LogP contribution in [0.3, 0.4) is 0 Å². The summed E-state index contributed by atoms with van der Waals surface area (Å²) in [7, 11) is 1.68. The van der Waals surface area contributed by atoms with E-state index in [9.17, 15) is 9.90 Å². The zero-order valence-electron chi connectivity index (χ0n) is 15.9. The molecule has 0 aliphatic rings. The maximum Gasteiger partial charge on any atom is 0.335 e. The van der Waals surface area contributed by atoms with Crippen molar-refractivity contribution in [3.63, 3.8) is 0 Å². The van der Waals surface area contributed by atoms with Gasteiger partial charge in [-0.2, -0.15) is 0 Å². The molecular formula is C21H24N2O4. The molecule has 0 amide bonds. The quantitative estimate of drug-likeness (QED) is 0.609. The molecule has 142 valence electrons. The maximum atomic E-state index is 11.3. The Hall–Kier alpha value is -2.86. The topological polar surface area (TPSA) is 73.6 Å². The van der Waals surface area contributed by atoms with E-state index in [4.69, 9.17) is 9.47 Å². The van der Waals surface area contributed by atoms with E-state index in [1.54, 1.807) is 25.3 Å². The van der Waals surface area contributed by atoms with Gasteiger partial charge in [-0.25, -0.2) is 9.78 Å². The SMILES string of the molecule is COCCCn1c(COc2cccc(C)c2C)nc2cc(C(=O)O)ccc21. The molecule has 6 heteroatoms. The van der Waals surface area contributed by atoms with Crippen LogP contribution in [-0.2, 0) is 17.9 Å². The summed E-state index contributed by atoms with van der Waals surface area (Å²) in [6, 6.07) is 11.0. The minimum absolute atomic E-state index is 0.228. The van der Waals surface area contributed by atoms with Crippen LogP contribution in [0.15, 0.2) is 36.4 Å². The highest BCUT2D eigenvalue weighted by Gasteiger charge is 2.14. The summed E-state index contributed by atoms with van der Waals surface area (Å²) in [6.45, 7) is 5.77. The first-order valence-electron chi connectivity index (χ1n) is 8.91. The molecule has 0 unspecified atom stereocenters. The number of ether oxygens (including phenoxy) is 2. The van der Waals surface area contributed by atoms with Gasteiger partial charge >= 0.3 is 5.97 Å². The molecule has 0 bridgehead atoms. The van der Waals surface area contributed by atoms with Crippen LogP contribution in [0.1, 0.15) is 33.7 Å². The highest BCUT2D eigenvalue weighted by Crippen LogP contribution is 2.24. The van der Waals surface area contributed by atoms with Crippen molar-refractivity contribution in [2.45, 2.75) is 33.4 Å². The molecule has 27 heavy (non-hydrogen) atoms. The fraction of sp³-hybridized carbons (Fsp3) is 0.333. The second-order valence-corrected chi connectivity index (χ2v) is 6.52. The van der Waals surface area contributed by atoms with Crippen LogP contribution in [0.5, 0.6) is 5.75 Å². The summed E-state index contributed by atoms with van der Waals surface area (Å²) in [4.78, 5) is 15.9. The number of imidazole rings is 1. The second-order valence-electron chi connectivity index (χ2n) is 6.52. The van der Waals surface area contributed by atoms with Gasteiger partial charge in [0.15, 0.2) is 0 Å². The number of carbonyl (C=O) groups is 1. The number of hydrogen-bond acceptors (Lipinski definition) is 4. The molecule has 3 aromatic rings. The van der Waals surface area contributed by atoms with E-state index in [1.165, 1.54) is 5.56 Å². The predicted octanol–water partition coefficient (Wildman–Crippen LogP) is 3.97. The number of methoxy groups -OCH3 is 1. The van der Waals surface area contributed by atoms with Crippen LogP contribution in [0, 0.1) is 13.8 Å². The highest BCUT2D eigenvalue weighted by atomic mass is 16.5. The number of carboxylic acid groups (broad SMARTS) is 1. The minimum Gasteiger partial charge on any atom is -0.485 e. The highest BCUT2D eigenvalue weighted by molar-refractivity contribution is 5.92. The van der Waals surface area contributed by atoms with Gasteiger partial charge in [0.05, 0.1) is 16.6 Å². The van der Waals surface area contributed by atoms with Gasteiger partial charge in [-0.05, 0) is 55.7 Å². The van der Waals surface area contributed by atoms with E-state index < -0.39 is 5.97 Å². The number of benzene rings is 2. The molecule has 0 fully saturated rings. The minimum atomic E-state index is -0.959. The van der Waals surface area contributed by atoms with E-state index in [-0.39, 0.29) is 5.56 Å². The van der Waals surface area contributed by atoms with Crippen molar-refractivity contribution >= 4 is 17.0 Å². The molecule has 0 radical (unpaired) electrons. The largest absolute Gasteiger partial charge is 0.485 e. The first kappa shape index (κ1) is 18.9. The van der Waals surface area contributed by atoms with Crippen molar-refractivity contribution < 1.29 is 19.4 Å². The lowest BCUT2D eigenvalue weighted by Crippen LogP contribution is -2.09. The lowest BCUT2D eigenvalue weighted by molar-refractivity contribution is 0.0697. The Balaban J connectivity index is 1.92. The summed E-state index contributed by atoms with van der Waals surface area (Å²) in [5.41, 5.74) is 4.06. The number of hydrogen-bond donors (Lipinski definition) is 1. The maximum absolute atomic E-state index is 11.3. The first-order valence-corrected chi connectivity index (χ1v) is 8.91. The second kappa shape index (κ2) is 8.22. The average Bonchev–Trinajstić information content (AvgIpc) is 3.00. The molecule has 0 saturated heterocycles. The van der Waals surface area contributed by atoms with Gasteiger partial charge in [-0.3, -0.25) is 0 Å². The van der Waals surface area contributed by atoms with Gasteiger partial charge in [0.2, 0.25) is 0 Å². The molecule has 6 nitrogen and oxygen atoms in total. The van der Waals surface area contributed by atoms with Crippen LogP contribution in [0.2, 0.25) is 0 Å². The Labute approximate surface area is 158 Å². The van der Waals surface area contributed by atoms with E-state index >= 15 is 0 Å². The normalized spacial score (nSPS) is 11.1. The van der Waals surface area contributed by atoms with Crippen LogP contribution in [0.25, 0.3) is 11.0 Å². The molecule has 1 aromatic heterocycles. The summed E-state index contributed by atoms with van der Waals surface area (Å²) in [5.74, 6) is 0.639. The Morgan fingerprint density at radius 1 is 1.22 bits per heavy atom. The zero-order chi connectivity index (χ0) is 19.4. The molecular weight excluding hydrogens is 344 g/mol. The third-order valence-corrected chi connectivity index (χ3v) is 4.72. The molecule has 0 spiro atoms. The van der Waals surface area contributed by atoms with Gasteiger partial charge in [0, 0.05) is 20.3 Å². The number of fused-ring (bicyclic) bond motifs is 1. The van der Waals surface area contributed by atoms with Gasteiger partial charge in [-0.1, -0.05) is 12.1 Å². The molecule has 0 saturated carbocycles. The number of aromatic nitrogens is 2. The Kier molecular flexibility index (Phi) is 5.76. The van der Waals surface area contributed by atoms with E-state index in [0.717, 1.165) is 35.6 Å². The van der Waals surface area contributed by atoms with Crippen molar-refractivity contribution in [1.82, 2.24) is 9.55 Å². The molecule has 2 aromatic carbocycles. The van der Waals surface area contributed by atoms with Crippen LogP contribution >= 0.6 is 0 Å². The number of nitrogens with zero attached hydrogens (tertiary/aromatic N) is 2. The number of carboxylic acids is 1. The summed E-state index contributed by atoms with van der Waals surface area (Å²) in [6.07, 6.45) is 0.832. The van der Waals surface area contributed by atoms with Gasteiger partial charge in [-0.15, -0.1) is 0 Å². The van der Waals surface area contributed by atoms with Crippen molar-refractivity contribution in [2.75, 3.05) is 13.7 Å². The van der Waals surface area contributed by atoms with Crippen LogP contribution in [-0.4, -0.2) is 34.3 Å². The average molecular weight is 368 g/mol. The predicted molar refractivity (Wildman–Crippen MR) is 103 cm³/mol. The monoisotopic (exact) mass is 368 g/mol. The van der Waals surface area contributed by atoms with Gasteiger partial charge in [0.1, 0.15) is 18.2 Å². The summed E-state index contributed by atoms with van der Waals surface area (Å²) >= 11 is 0. The lowest BCUT2D eigenvalue weighted by atomic mass is 10.1. The van der Waals surface area contributed by atoms with Crippen molar-refractivity contribution in [3.8, 4) is 5.75 Å². The zero-order valence-corrected chi connectivity index (χ0v) is 15.9. The van der Waals surface area contributed by atoms with E-state index in [1.807, 2.05) is 19.1 Å². The third kappa shape index (κ3) is 4.11. The molecule has 3 rings (SSSR count). The smallest absolute Gasteiger partial charge is 0.335 e. The number of aryl methyl sites for hydroxylation is 2. The van der Waals surface area contributed by atoms with Crippen molar-refractivity contribution in [3.05, 3.63) is 58.9 Å². The standard InChI is InChI=1S/C21H24N2O4/c1-14-6-4-7-19(15(14)2)27-13-20-22-17-12-16(21(24)25)8-9-18(17)23(20)10-5-11-26-3/h4,6-9,12H,5,10-11,13H2,1-3H3,(H,24,25). The number of rotatable bonds is 8. The Bertz CT molecular complexity index is 962. The molecule has 0 atom stereocenters. The van der Waals surface area contributed by atoms with Crippen LogP contribution in [0.4, 0.5) is 0 Å². The van der Waals surface area contributed by atoms with E-state index in [2.05, 4.69) is 22.5 Å². The molecule has 1 N–H and O–H groups in total.